The Bertz CT molecular complexity index is 1530. The number of hydrogen-bond acceptors (Lipinski definition) is 7. The number of aromatic nitrogens is 3. The Balaban J connectivity index is 1.40. The molecule has 0 radical (unpaired) electrons. The number of nitrogens with two attached hydrogens (primary N) is 1. The van der Waals surface area contributed by atoms with Crippen LogP contribution in [0.1, 0.15) is 52.5 Å². The van der Waals surface area contributed by atoms with E-state index in [0.717, 1.165) is 18.9 Å². The maximum atomic E-state index is 13.4. The molecule has 3 amide bonds. The number of amides is 3. The number of carbonyl (C=O) groups excluding carboxylic acids is 3. The van der Waals surface area contributed by atoms with Crippen LogP contribution in [0, 0.1) is 5.92 Å². The standard InChI is InChI=1S/C25H24F3N7O4/c1-11(12-2-3-12)34-10-14-8-13(9-17(18(14)24(34)38)39-25(26,27)28)15-5-7-35-21(31-15)19(20(29)33-35)23(37)32-16-4-6-30-22(16)36/h5,7-9,11-12,16H,2-4,6,10H2,1H3,(H2,29,33)(H,30,36)(H,32,37)/t11?,16-/m0/s1. The number of carbonyl (C=O) groups is 3. The summed E-state index contributed by atoms with van der Waals surface area (Å²) >= 11 is 0. The predicted molar refractivity (Wildman–Crippen MR) is 130 cm³/mol. The fourth-order valence-corrected chi connectivity index (χ4v) is 5.24. The van der Waals surface area contributed by atoms with Crippen LogP contribution >= 0.6 is 0 Å². The predicted octanol–water partition coefficient (Wildman–Crippen LogP) is 2.25. The normalized spacial score (nSPS) is 19.8. The Labute approximate surface area is 219 Å². The number of nitrogens with zero attached hydrogens (tertiary/aromatic N) is 4. The van der Waals surface area contributed by atoms with Crippen LogP contribution in [0.4, 0.5) is 19.0 Å². The van der Waals surface area contributed by atoms with Gasteiger partial charge in [-0.05, 0) is 55.9 Å². The van der Waals surface area contributed by atoms with E-state index in [1.165, 1.54) is 16.8 Å². The Morgan fingerprint density at radius 2 is 2.03 bits per heavy atom. The van der Waals surface area contributed by atoms with Crippen molar-refractivity contribution in [3.63, 3.8) is 0 Å². The van der Waals surface area contributed by atoms with Gasteiger partial charge in [-0.2, -0.15) is 0 Å². The molecule has 6 rings (SSSR count). The molecule has 204 valence electrons. The summed E-state index contributed by atoms with van der Waals surface area (Å²) in [5.74, 6) is -1.88. The van der Waals surface area contributed by atoms with E-state index in [2.05, 4.69) is 25.5 Å². The summed E-state index contributed by atoms with van der Waals surface area (Å²) in [7, 11) is 0. The Morgan fingerprint density at radius 3 is 2.69 bits per heavy atom. The molecule has 1 saturated carbocycles. The van der Waals surface area contributed by atoms with Gasteiger partial charge in [-0.1, -0.05) is 0 Å². The van der Waals surface area contributed by atoms with E-state index in [1.54, 1.807) is 11.0 Å². The molecule has 1 saturated heterocycles. The molecular weight excluding hydrogens is 519 g/mol. The zero-order valence-corrected chi connectivity index (χ0v) is 20.7. The van der Waals surface area contributed by atoms with Crippen LogP contribution < -0.4 is 21.1 Å². The molecule has 2 aromatic heterocycles. The van der Waals surface area contributed by atoms with E-state index < -0.39 is 30.0 Å². The van der Waals surface area contributed by atoms with Gasteiger partial charge in [-0.3, -0.25) is 14.4 Å². The molecule has 1 unspecified atom stereocenters. The molecule has 2 fully saturated rings. The lowest BCUT2D eigenvalue weighted by Gasteiger charge is -2.24. The Morgan fingerprint density at radius 1 is 1.26 bits per heavy atom. The summed E-state index contributed by atoms with van der Waals surface area (Å²) < 4.78 is 45.6. The maximum absolute atomic E-state index is 13.4. The number of nitrogens with one attached hydrogen (secondary N) is 2. The first-order valence-corrected chi connectivity index (χ1v) is 12.5. The second kappa shape index (κ2) is 8.85. The van der Waals surface area contributed by atoms with E-state index in [1.807, 2.05) is 6.92 Å². The first kappa shape index (κ1) is 24.9. The van der Waals surface area contributed by atoms with Gasteiger partial charge in [-0.25, -0.2) is 9.50 Å². The SMILES string of the molecule is CC(C1CC1)N1Cc2cc(-c3ccn4nc(N)c(C(=O)N[C@H]5CCNC5=O)c4n3)cc(OC(F)(F)F)c2C1=O. The fourth-order valence-electron chi connectivity index (χ4n) is 5.24. The first-order chi connectivity index (χ1) is 18.5. The highest BCUT2D eigenvalue weighted by atomic mass is 19.4. The maximum Gasteiger partial charge on any atom is 0.573 e. The van der Waals surface area contributed by atoms with Gasteiger partial charge in [0, 0.05) is 30.9 Å². The quantitative estimate of drug-likeness (QED) is 0.433. The van der Waals surface area contributed by atoms with Crippen LogP contribution in [0.3, 0.4) is 0 Å². The third-order valence-electron chi connectivity index (χ3n) is 7.41. The summed E-state index contributed by atoms with van der Waals surface area (Å²) in [6, 6.07) is 3.40. The molecule has 3 aromatic rings. The van der Waals surface area contributed by atoms with Crippen LogP contribution in [0.5, 0.6) is 5.75 Å². The van der Waals surface area contributed by atoms with Crippen molar-refractivity contribution in [2.45, 2.75) is 51.2 Å². The zero-order chi connectivity index (χ0) is 27.6. The monoisotopic (exact) mass is 543 g/mol. The van der Waals surface area contributed by atoms with E-state index in [0.29, 0.717) is 24.4 Å². The highest BCUT2D eigenvalue weighted by molar-refractivity contribution is 6.06. The van der Waals surface area contributed by atoms with Gasteiger partial charge >= 0.3 is 6.36 Å². The third kappa shape index (κ3) is 4.49. The second-order valence-electron chi connectivity index (χ2n) is 10.0. The van der Waals surface area contributed by atoms with E-state index in [9.17, 15) is 27.6 Å². The Hall–Kier alpha value is -4.36. The number of fused-ring (bicyclic) bond motifs is 2. The average Bonchev–Trinajstić information content (AvgIpc) is 3.44. The van der Waals surface area contributed by atoms with Gasteiger partial charge < -0.3 is 26.0 Å². The Kier molecular flexibility index (Phi) is 5.66. The third-order valence-corrected chi connectivity index (χ3v) is 7.41. The molecule has 4 heterocycles. The van der Waals surface area contributed by atoms with Gasteiger partial charge in [-0.15, -0.1) is 18.3 Å². The summed E-state index contributed by atoms with van der Waals surface area (Å²) in [6.45, 7) is 2.47. The van der Waals surface area contributed by atoms with Gasteiger partial charge in [0.2, 0.25) is 5.91 Å². The highest BCUT2D eigenvalue weighted by Crippen LogP contribution is 2.42. The topological polar surface area (TPSA) is 144 Å². The average molecular weight is 544 g/mol. The lowest BCUT2D eigenvalue weighted by Crippen LogP contribution is -2.40. The van der Waals surface area contributed by atoms with E-state index in [-0.39, 0.29) is 52.3 Å². The number of benzene rings is 1. The van der Waals surface area contributed by atoms with Crippen molar-refractivity contribution >= 4 is 29.2 Å². The number of hydrogen-bond donors (Lipinski definition) is 3. The van der Waals surface area contributed by atoms with Crippen molar-refractivity contribution in [2.24, 2.45) is 5.92 Å². The number of halogens is 3. The summed E-state index contributed by atoms with van der Waals surface area (Å²) in [5, 5.41) is 9.33. The van der Waals surface area contributed by atoms with Crippen LogP contribution in [-0.2, 0) is 11.3 Å². The summed E-state index contributed by atoms with van der Waals surface area (Å²) in [6.07, 6.45) is -1.19. The van der Waals surface area contributed by atoms with Gasteiger partial charge in [0.1, 0.15) is 17.4 Å². The highest BCUT2D eigenvalue weighted by Gasteiger charge is 2.42. The molecular formula is C25H24F3N7O4. The zero-order valence-electron chi connectivity index (χ0n) is 20.7. The summed E-state index contributed by atoms with van der Waals surface area (Å²) in [4.78, 5) is 44.1. The van der Waals surface area contributed by atoms with Gasteiger partial charge in [0.25, 0.3) is 11.8 Å². The van der Waals surface area contributed by atoms with Gasteiger partial charge in [0.15, 0.2) is 11.5 Å². The van der Waals surface area contributed by atoms with Crippen molar-refractivity contribution in [1.29, 1.82) is 0 Å². The van der Waals surface area contributed by atoms with E-state index in [4.69, 9.17) is 5.73 Å². The van der Waals surface area contributed by atoms with Crippen molar-refractivity contribution in [1.82, 2.24) is 30.1 Å². The second-order valence-corrected chi connectivity index (χ2v) is 10.0. The smallest absolute Gasteiger partial charge is 0.405 e. The molecule has 4 N–H and O–H groups in total. The number of nitrogen functional groups attached to an aromatic ring is 1. The van der Waals surface area contributed by atoms with Crippen LogP contribution in [0.25, 0.3) is 16.9 Å². The number of rotatable bonds is 6. The van der Waals surface area contributed by atoms with Crippen molar-refractivity contribution < 1.29 is 32.3 Å². The molecule has 39 heavy (non-hydrogen) atoms. The minimum absolute atomic E-state index is 0.0553. The molecule has 3 aliphatic rings. The lowest BCUT2D eigenvalue weighted by atomic mass is 10.0. The van der Waals surface area contributed by atoms with Crippen molar-refractivity contribution in [3.8, 4) is 17.0 Å². The number of alkyl halides is 3. The van der Waals surface area contributed by atoms with Gasteiger partial charge in [0.05, 0.1) is 11.3 Å². The lowest BCUT2D eigenvalue weighted by molar-refractivity contribution is -0.274. The molecule has 1 aliphatic carbocycles. The van der Waals surface area contributed by atoms with Crippen LogP contribution in [0.2, 0.25) is 0 Å². The van der Waals surface area contributed by atoms with E-state index >= 15 is 0 Å². The fraction of sp³-hybridized carbons (Fsp3) is 0.400. The van der Waals surface area contributed by atoms with Crippen molar-refractivity contribution in [3.05, 3.63) is 41.1 Å². The van der Waals surface area contributed by atoms with Crippen LogP contribution in [0.15, 0.2) is 24.4 Å². The largest absolute Gasteiger partial charge is 0.573 e. The minimum Gasteiger partial charge on any atom is -0.405 e. The van der Waals surface area contributed by atoms with Crippen LogP contribution in [-0.4, -0.2) is 62.2 Å². The minimum atomic E-state index is -5.02. The van der Waals surface area contributed by atoms with Crippen molar-refractivity contribution in [2.75, 3.05) is 12.3 Å². The molecule has 11 nitrogen and oxygen atoms in total. The number of ether oxygens (including phenoxy) is 1. The summed E-state index contributed by atoms with van der Waals surface area (Å²) in [5.41, 5.74) is 6.72. The molecule has 14 heteroatoms. The molecule has 0 bridgehead atoms. The number of anilines is 1. The first-order valence-electron chi connectivity index (χ1n) is 12.5. The molecule has 0 spiro atoms. The molecule has 1 aromatic carbocycles. The molecule has 2 aliphatic heterocycles. The molecule has 2 atom stereocenters.